The number of nitrogens with zero attached hydrogens (tertiary/aromatic N) is 1. The summed E-state index contributed by atoms with van der Waals surface area (Å²) in [6.45, 7) is 1.77. The molecule has 23 heavy (non-hydrogen) atoms. The third-order valence-corrected chi connectivity index (χ3v) is 4.35. The maximum Gasteiger partial charge on any atom is 0.325 e. The number of sulfonamides is 1. The van der Waals surface area contributed by atoms with Crippen molar-refractivity contribution in [1.29, 1.82) is 0 Å². The molecule has 1 heterocycles. The van der Waals surface area contributed by atoms with Crippen LogP contribution in [0.25, 0.3) is 0 Å². The second-order valence-corrected chi connectivity index (χ2v) is 7.37. The van der Waals surface area contributed by atoms with Gasteiger partial charge in [-0.15, -0.1) is 0 Å². The number of carbonyl (C=O) groups excluding carboxylic acids is 2. The van der Waals surface area contributed by atoms with Crippen molar-refractivity contribution in [3.63, 3.8) is 0 Å². The van der Waals surface area contributed by atoms with Crippen molar-refractivity contribution in [2.24, 2.45) is 0 Å². The zero-order valence-electron chi connectivity index (χ0n) is 12.8. The molecule has 0 unspecified atom stereocenters. The second kappa shape index (κ2) is 6.25. The van der Waals surface area contributed by atoms with Crippen LogP contribution in [-0.4, -0.2) is 44.6 Å². The van der Waals surface area contributed by atoms with Crippen molar-refractivity contribution in [2.45, 2.75) is 18.9 Å². The van der Waals surface area contributed by atoms with Gasteiger partial charge in [0, 0.05) is 13.1 Å². The standard InChI is InChI=1S/C14H18FN3O4S/c1-14(10-4-6-11(15)7-5-10)12(19)18(13(20)17-14)9-3-8-16-23(2,21)22/h4-7,16H,3,8-9H2,1-2H3,(H,17,20)/t14-/m1/s1. The molecule has 0 spiro atoms. The van der Waals surface area contributed by atoms with Crippen molar-refractivity contribution in [3.05, 3.63) is 35.6 Å². The Hall–Kier alpha value is -2.00. The van der Waals surface area contributed by atoms with Gasteiger partial charge in [0.1, 0.15) is 11.4 Å². The molecule has 9 heteroatoms. The molecule has 0 aromatic heterocycles. The minimum absolute atomic E-state index is 0.0873. The fourth-order valence-electron chi connectivity index (χ4n) is 2.37. The number of benzene rings is 1. The summed E-state index contributed by atoms with van der Waals surface area (Å²) in [6.07, 6.45) is 1.33. The van der Waals surface area contributed by atoms with E-state index in [4.69, 9.17) is 0 Å². The molecule has 1 aliphatic heterocycles. The van der Waals surface area contributed by atoms with Crippen LogP contribution in [0.5, 0.6) is 0 Å². The minimum atomic E-state index is -3.31. The van der Waals surface area contributed by atoms with Crippen LogP contribution in [0, 0.1) is 5.82 Å². The number of urea groups is 1. The Kier molecular flexibility index (Phi) is 4.71. The first kappa shape index (κ1) is 17.4. The van der Waals surface area contributed by atoms with Gasteiger partial charge in [0.15, 0.2) is 0 Å². The molecule has 0 aliphatic carbocycles. The Morgan fingerprint density at radius 1 is 1.26 bits per heavy atom. The molecule has 1 aromatic carbocycles. The van der Waals surface area contributed by atoms with Crippen LogP contribution in [0.4, 0.5) is 9.18 Å². The zero-order valence-corrected chi connectivity index (χ0v) is 13.6. The Bertz CT molecular complexity index is 720. The molecule has 2 rings (SSSR count). The monoisotopic (exact) mass is 343 g/mol. The molecular formula is C14H18FN3O4S. The summed E-state index contributed by atoms with van der Waals surface area (Å²) in [5.41, 5.74) is -0.774. The molecule has 2 N–H and O–H groups in total. The average Bonchev–Trinajstić information content (AvgIpc) is 2.66. The lowest BCUT2D eigenvalue weighted by Crippen LogP contribution is -2.41. The Morgan fingerprint density at radius 2 is 1.87 bits per heavy atom. The van der Waals surface area contributed by atoms with E-state index in [1.807, 2.05) is 0 Å². The first-order valence-electron chi connectivity index (χ1n) is 6.98. The van der Waals surface area contributed by atoms with E-state index in [-0.39, 0.29) is 13.1 Å². The van der Waals surface area contributed by atoms with Gasteiger partial charge in [-0.1, -0.05) is 12.1 Å². The van der Waals surface area contributed by atoms with Crippen molar-refractivity contribution in [2.75, 3.05) is 19.3 Å². The van der Waals surface area contributed by atoms with Gasteiger partial charge in [-0.05, 0) is 31.0 Å². The number of nitrogens with one attached hydrogen (secondary N) is 2. The van der Waals surface area contributed by atoms with Crippen LogP contribution in [0.1, 0.15) is 18.9 Å². The molecule has 0 radical (unpaired) electrons. The van der Waals surface area contributed by atoms with E-state index in [9.17, 15) is 22.4 Å². The fraction of sp³-hybridized carbons (Fsp3) is 0.429. The number of amides is 3. The number of hydrogen-bond donors (Lipinski definition) is 2. The average molecular weight is 343 g/mol. The van der Waals surface area contributed by atoms with E-state index in [2.05, 4.69) is 10.0 Å². The summed E-state index contributed by atoms with van der Waals surface area (Å²) >= 11 is 0. The van der Waals surface area contributed by atoms with Gasteiger partial charge in [-0.3, -0.25) is 9.69 Å². The Labute approximate surface area is 133 Å². The SMILES string of the molecule is C[C@]1(c2ccc(F)cc2)NC(=O)N(CCCNS(C)(=O)=O)C1=O. The number of hydrogen-bond acceptors (Lipinski definition) is 4. The van der Waals surface area contributed by atoms with E-state index < -0.39 is 33.3 Å². The van der Waals surface area contributed by atoms with Crippen molar-refractivity contribution in [1.82, 2.24) is 14.9 Å². The van der Waals surface area contributed by atoms with E-state index in [1.54, 1.807) is 6.92 Å². The maximum atomic E-state index is 13.0. The molecule has 126 valence electrons. The first-order chi connectivity index (χ1) is 10.6. The largest absolute Gasteiger partial charge is 0.325 e. The second-order valence-electron chi connectivity index (χ2n) is 5.54. The van der Waals surface area contributed by atoms with Gasteiger partial charge in [-0.2, -0.15) is 0 Å². The van der Waals surface area contributed by atoms with Crippen molar-refractivity contribution < 1.29 is 22.4 Å². The van der Waals surface area contributed by atoms with Crippen LogP contribution in [-0.2, 0) is 20.4 Å². The van der Waals surface area contributed by atoms with Gasteiger partial charge in [0.2, 0.25) is 10.0 Å². The highest BCUT2D eigenvalue weighted by atomic mass is 32.2. The quantitative estimate of drug-likeness (QED) is 0.582. The highest BCUT2D eigenvalue weighted by Crippen LogP contribution is 2.28. The smallest absolute Gasteiger partial charge is 0.319 e. The molecule has 0 saturated carbocycles. The van der Waals surface area contributed by atoms with Crippen LogP contribution in [0.15, 0.2) is 24.3 Å². The predicted molar refractivity (Wildman–Crippen MR) is 81.5 cm³/mol. The van der Waals surface area contributed by atoms with Gasteiger partial charge >= 0.3 is 6.03 Å². The molecule has 1 saturated heterocycles. The summed E-state index contributed by atoms with van der Waals surface area (Å²) in [4.78, 5) is 25.6. The topological polar surface area (TPSA) is 95.6 Å². The van der Waals surface area contributed by atoms with Crippen LogP contribution >= 0.6 is 0 Å². The minimum Gasteiger partial charge on any atom is -0.319 e. The fourth-order valence-corrected chi connectivity index (χ4v) is 2.89. The number of rotatable bonds is 6. The lowest BCUT2D eigenvalue weighted by atomic mass is 9.92. The van der Waals surface area contributed by atoms with E-state index in [0.717, 1.165) is 11.2 Å². The van der Waals surface area contributed by atoms with E-state index in [0.29, 0.717) is 12.0 Å². The number of halogens is 1. The molecule has 7 nitrogen and oxygen atoms in total. The Balaban J connectivity index is 2.06. The van der Waals surface area contributed by atoms with Gasteiger partial charge < -0.3 is 5.32 Å². The third kappa shape index (κ3) is 3.85. The van der Waals surface area contributed by atoms with Gasteiger partial charge in [0.25, 0.3) is 5.91 Å². The summed E-state index contributed by atoms with van der Waals surface area (Å²) in [6, 6.07) is 4.78. The molecule has 1 fully saturated rings. The molecule has 0 bridgehead atoms. The summed E-state index contributed by atoms with van der Waals surface area (Å²) in [5.74, 6) is -0.883. The zero-order chi connectivity index (χ0) is 17.3. The lowest BCUT2D eigenvalue weighted by Gasteiger charge is -2.22. The van der Waals surface area contributed by atoms with Crippen molar-refractivity contribution in [3.8, 4) is 0 Å². The van der Waals surface area contributed by atoms with Gasteiger partial charge in [0.05, 0.1) is 6.26 Å². The molecule has 1 atom stereocenters. The summed E-state index contributed by atoms with van der Waals surface area (Å²) in [7, 11) is -3.31. The normalized spacial score (nSPS) is 21.6. The van der Waals surface area contributed by atoms with Crippen molar-refractivity contribution >= 4 is 22.0 Å². The number of imide groups is 1. The van der Waals surface area contributed by atoms with Gasteiger partial charge in [-0.25, -0.2) is 22.3 Å². The maximum absolute atomic E-state index is 13.0. The molecule has 3 amide bonds. The molecule has 1 aliphatic rings. The Morgan fingerprint density at radius 3 is 2.43 bits per heavy atom. The van der Waals surface area contributed by atoms with E-state index in [1.165, 1.54) is 24.3 Å². The lowest BCUT2D eigenvalue weighted by molar-refractivity contribution is -0.131. The van der Waals surface area contributed by atoms with Crippen LogP contribution in [0.3, 0.4) is 0 Å². The molecular weight excluding hydrogens is 325 g/mol. The third-order valence-electron chi connectivity index (χ3n) is 3.62. The van der Waals surface area contributed by atoms with E-state index >= 15 is 0 Å². The number of carbonyl (C=O) groups is 2. The van der Waals surface area contributed by atoms with Crippen LogP contribution in [0.2, 0.25) is 0 Å². The predicted octanol–water partition coefficient (Wildman–Crippen LogP) is 0.532. The molecule has 1 aromatic rings. The highest BCUT2D eigenvalue weighted by molar-refractivity contribution is 7.88. The highest BCUT2D eigenvalue weighted by Gasteiger charge is 2.48. The first-order valence-corrected chi connectivity index (χ1v) is 8.87. The summed E-state index contributed by atoms with van der Waals surface area (Å²) < 4.78 is 37.2. The van der Waals surface area contributed by atoms with Crippen LogP contribution < -0.4 is 10.0 Å². The summed E-state index contributed by atoms with van der Waals surface area (Å²) in [5, 5.41) is 2.60.